The summed E-state index contributed by atoms with van der Waals surface area (Å²) >= 11 is 1.84. The van der Waals surface area contributed by atoms with Gasteiger partial charge in [-0.25, -0.2) is 0 Å². The molecule has 1 atom stereocenters. The minimum absolute atomic E-state index is 0.642. The molecule has 2 aliphatic heterocycles. The van der Waals surface area contributed by atoms with Crippen molar-refractivity contribution in [2.75, 3.05) is 0 Å². The fourth-order valence-corrected chi connectivity index (χ4v) is 8.68. The van der Waals surface area contributed by atoms with Crippen molar-refractivity contribution in [3.8, 4) is 45.4 Å². The van der Waals surface area contributed by atoms with Crippen molar-refractivity contribution >= 4 is 31.5 Å². The second-order valence-electron chi connectivity index (χ2n) is 11.9. The van der Waals surface area contributed by atoms with Gasteiger partial charge in [-0.05, 0) is 59.7 Å². The Hall–Kier alpha value is -5.71. The van der Waals surface area contributed by atoms with E-state index >= 15 is 0 Å². The van der Waals surface area contributed by atoms with Gasteiger partial charge in [-0.1, -0.05) is 97.1 Å². The number of ether oxygens (including phenoxy) is 2. The summed E-state index contributed by atoms with van der Waals surface area (Å²) in [5.74, 6) is 3.37. The smallest absolute Gasteiger partial charge is 0.132 e. The number of hydrogen-bond donors (Lipinski definition) is 0. The summed E-state index contributed by atoms with van der Waals surface area (Å²) in [5.41, 5.74) is 8.01. The van der Waals surface area contributed by atoms with Crippen LogP contribution in [-0.4, -0.2) is 4.98 Å². The zero-order valence-electron chi connectivity index (χ0n) is 24.6. The molecular formula is C42H25NO2S. The lowest BCUT2D eigenvalue weighted by molar-refractivity contribution is 0.399. The standard InChI is InChI=1S/C42H25NO2S/c1-6-17-39-29(10-1)41-28(11-9-18-40(41)46-39)26-19-21-32-37(24-26)44-35-15-4-2-12-30(35)42(32)31-13-3-5-16-36(31)45-38-25-27(20-22-33(38)42)34-14-7-8-23-43-34/h1-25H. The summed E-state index contributed by atoms with van der Waals surface area (Å²) in [4.78, 5) is 4.62. The number of aromatic nitrogens is 1. The van der Waals surface area contributed by atoms with E-state index in [4.69, 9.17) is 9.47 Å². The topological polar surface area (TPSA) is 31.4 Å². The molecule has 0 aliphatic carbocycles. The van der Waals surface area contributed by atoms with E-state index in [0.29, 0.717) is 0 Å². The molecule has 2 aromatic heterocycles. The van der Waals surface area contributed by atoms with Crippen LogP contribution in [0.5, 0.6) is 23.0 Å². The Morgan fingerprint density at radius 2 is 1.09 bits per heavy atom. The summed E-state index contributed by atoms with van der Waals surface area (Å²) in [6.07, 6.45) is 1.83. The molecule has 0 N–H and O–H groups in total. The second kappa shape index (κ2) is 9.64. The van der Waals surface area contributed by atoms with Crippen LogP contribution in [0, 0.1) is 0 Å². The van der Waals surface area contributed by atoms with Crippen LogP contribution in [0.2, 0.25) is 0 Å². The van der Waals surface area contributed by atoms with Gasteiger partial charge in [-0.3, -0.25) is 4.98 Å². The van der Waals surface area contributed by atoms with Crippen molar-refractivity contribution in [3.63, 3.8) is 0 Å². The second-order valence-corrected chi connectivity index (χ2v) is 12.9. The zero-order valence-corrected chi connectivity index (χ0v) is 25.4. The maximum Gasteiger partial charge on any atom is 0.132 e. The van der Waals surface area contributed by atoms with Gasteiger partial charge in [-0.2, -0.15) is 0 Å². The molecule has 1 unspecified atom stereocenters. The predicted molar refractivity (Wildman–Crippen MR) is 186 cm³/mol. The van der Waals surface area contributed by atoms with Gasteiger partial charge >= 0.3 is 0 Å². The van der Waals surface area contributed by atoms with Crippen LogP contribution in [-0.2, 0) is 5.41 Å². The van der Waals surface area contributed by atoms with E-state index in [1.807, 2.05) is 41.8 Å². The molecule has 216 valence electrons. The van der Waals surface area contributed by atoms with Crippen molar-refractivity contribution in [3.05, 3.63) is 174 Å². The minimum Gasteiger partial charge on any atom is -0.457 e. The van der Waals surface area contributed by atoms with Gasteiger partial charge < -0.3 is 9.47 Å². The average Bonchev–Trinajstić information content (AvgIpc) is 3.50. The number of pyridine rings is 1. The van der Waals surface area contributed by atoms with Gasteiger partial charge in [0.1, 0.15) is 23.0 Å². The van der Waals surface area contributed by atoms with E-state index in [1.54, 1.807) is 0 Å². The molecule has 4 heterocycles. The predicted octanol–water partition coefficient (Wildman–Crippen LogP) is 11.4. The molecule has 0 saturated carbocycles. The highest BCUT2D eigenvalue weighted by atomic mass is 32.1. The lowest BCUT2D eigenvalue weighted by Crippen LogP contribution is -2.36. The van der Waals surface area contributed by atoms with E-state index in [0.717, 1.165) is 62.1 Å². The molecular weight excluding hydrogens is 583 g/mol. The molecule has 8 aromatic rings. The van der Waals surface area contributed by atoms with Crippen molar-refractivity contribution in [1.29, 1.82) is 0 Å². The number of rotatable bonds is 2. The number of fused-ring (bicyclic) bond motifs is 11. The van der Waals surface area contributed by atoms with Crippen molar-refractivity contribution in [1.82, 2.24) is 4.98 Å². The molecule has 0 fully saturated rings. The molecule has 0 radical (unpaired) electrons. The molecule has 0 saturated heterocycles. The maximum atomic E-state index is 6.82. The average molecular weight is 608 g/mol. The van der Waals surface area contributed by atoms with Gasteiger partial charge in [-0.15, -0.1) is 11.3 Å². The molecule has 0 bridgehead atoms. The van der Waals surface area contributed by atoms with Crippen LogP contribution in [0.15, 0.2) is 152 Å². The first-order chi connectivity index (χ1) is 22.8. The Labute approximate surface area is 270 Å². The van der Waals surface area contributed by atoms with Gasteiger partial charge in [0.15, 0.2) is 0 Å². The van der Waals surface area contributed by atoms with E-state index < -0.39 is 5.41 Å². The summed E-state index contributed by atoms with van der Waals surface area (Å²) in [6, 6.07) is 51.4. The molecule has 3 nitrogen and oxygen atoms in total. The Morgan fingerprint density at radius 3 is 1.83 bits per heavy atom. The Kier molecular flexibility index (Phi) is 5.37. The third-order valence-electron chi connectivity index (χ3n) is 9.47. The maximum absolute atomic E-state index is 6.82. The van der Waals surface area contributed by atoms with Gasteiger partial charge in [0.25, 0.3) is 0 Å². The largest absolute Gasteiger partial charge is 0.457 e. The summed E-state index contributed by atoms with van der Waals surface area (Å²) < 4.78 is 16.1. The number of benzene rings is 6. The van der Waals surface area contributed by atoms with Gasteiger partial charge in [0.2, 0.25) is 0 Å². The van der Waals surface area contributed by atoms with Crippen molar-refractivity contribution in [2.24, 2.45) is 0 Å². The number of para-hydroxylation sites is 2. The lowest BCUT2D eigenvalue weighted by atomic mass is 9.62. The third kappa shape index (κ3) is 3.50. The van der Waals surface area contributed by atoms with Gasteiger partial charge in [0.05, 0.1) is 11.1 Å². The van der Waals surface area contributed by atoms with E-state index in [9.17, 15) is 0 Å². The van der Waals surface area contributed by atoms with Crippen molar-refractivity contribution in [2.45, 2.75) is 5.41 Å². The monoisotopic (exact) mass is 607 g/mol. The van der Waals surface area contributed by atoms with Crippen LogP contribution in [0.3, 0.4) is 0 Å². The summed E-state index contributed by atoms with van der Waals surface area (Å²) in [6.45, 7) is 0. The lowest BCUT2D eigenvalue weighted by Gasteiger charge is -2.45. The zero-order chi connectivity index (χ0) is 30.2. The van der Waals surface area contributed by atoms with E-state index in [-0.39, 0.29) is 0 Å². The quantitative estimate of drug-likeness (QED) is 0.196. The molecule has 46 heavy (non-hydrogen) atoms. The van der Waals surface area contributed by atoms with Crippen LogP contribution in [0.1, 0.15) is 22.3 Å². The number of nitrogens with zero attached hydrogens (tertiary/aromatic N) is 1. The first kappa shape index (κ1) is 25.6. The number of hydrogen-bond acceptors (Lipinski definition) is 4. The Morgan fingerprint density at radius 1 is 0.478 bits per heavy atom. The molecule has 1 spiro atoms. The summed E-state index contributed by atoms with van der Waals surface area (Å²) in [7, 11) is 0. The van der Waals surface area contributed by atoms with Gasteiger partial charge in [0, 0.05) is 54.2 Å². The molecule has 10 rings (SSSR count). The van der Waals surface area contributed by atoms with Crippen molar-refractivity contribution < 1.29 is 9.47 Å². The molecule has 0 amide bonds. The van der Waals surface area contributed by atoms with Crippen LogP contribution in [0.25, 0.3) is 42.6 Å². The van der Waals surface area contributed by atoms with E-state index in [1.165, 1.54) is 25.7 Å². The molecule has 6 aromatic carbocycles. The van der Waals surface area contributed by atoms with Crippen LogP contribution >= 0.6 is 11.3 Å². The SMILES string of the molecule is c1ccc(-c2ccc3c(c2)Oc2ccccc2C32c3ccccc3Oc3cc(-c4cccc5sc6ccccc6c45)ccc32)nc1. The highest BCUT2D eigenvalue weighted by Gasteiger charge is 2.50. The van der Waals surface area contributed by atoms with Crippen LogP contribution in [0.4, 0.5) is 0 Å². The summed E-state index contributed by atoms with van der Waals surface area (Å²) in [5, 5.41) is 2.58. The third-order valence-corrected chi connectivity index (χ3v) is 10.6. The first-order valence-corrected chi connectivity index (χ1v) is 16.3. The molecule has 4 heteroatoms. The Balaban J connectivity index is 1.25. The Bertz CT molecular complexity index is 2490. The highest BCUT2D eigenvalue weighted by molar-refractivity contribution is 7.25. The first-order valence-electron chi connectivity index (χ1n) is 15.4. The fraction of sp³-hybridized carbons (Fsp3) is 0.0238. The van der Waals surface area contributed by atoms with Crippen LogP contribution < -0.4 is 9.47 Å². The minimum atomic E-state index is -0.642. The molecule has 2 aliphatic rings. The fourth-order valence-electron chi connectivity index (χ4n) is 7.55. The highest BCUT2D eigenvalue weighted by Crippen LogP contribution is 2.62. The van der Waals surface area contributed by atoms with E-state index in [2.05, 4.69) is 126 Å². The normalized spacial score (nSPS) is 15.8. The number of thiophene rings is 1.